The van der Waals surface area contributed by atoms with Crippen molar-refractivity contribution >= 4 is 31.9 Å². The molecule has 2 aromatic carbocycles. The van der Waals surface area contributed by atoms with E-state index in [2.05, 4.69) is 31.9 Å². The maximum absolute atomic E-state index is 12.9. The Bertz CT molecular complexity index is 612. The van der Waals surface area contributed by atoms with Crippen molar-refractivity contribution in [1.29, 1.82) is 0 Å². The fraction of sp³-hybridized carbons (Fsp3) is 0.143. The Morgan fingerprint density at radius 2 is 1.75 bits per heavy atom. The van der Waals surface area contributed by atoms with Gasteiger partial charge in [-0.2, -0.15) is 13.2 Å². The topological polar surface area (TPSA) is 9.23 Å². The van der Waals surface area contributed by atoms with Crippen molar-refractivity contribution in [2.75, 3.05) is 0 Å². The van der Waals surface area contributed by atoms with E-state index in [-0.39, 0.29) is 16.6 Å². The van der Waals surface area contributed by atoms with Crippen LogP contribution in [0.5, 0.6) is 11.5 Å². The molecule has 0 radical (unpaired) electrons. The third-order valence-electron chi connectivity index (χ3n) is 2.60. The molecule has 0 unspecified atom stereocenters. The van der Waals surface area contributed by atoms with Crippen LogP contribution in [0.15, 0.2) is 46.9 Å². The van der Waals surface area contributed by atoms with E-state index >= 15 is 0 Å². The first-order chi connectivity index (χ1) is 9.41. The number of benzene rings is 2. The number of hydrogen-bond donors (Lipinski definition) is 0. The average molecular weight is 410 g/mol. The average Bonchev–Trinajstić information content (AvgIpc) is 2.40. The summed E-state index contributed by atoms with van der Waals surface area (Å²) in [5, 5.41) is 0.136. The van der Waals surface area contributed by atoms with Gasteiger partial charge in [-0.25, -0.2) is 0 Å². The Balaban J connectivity index is 2.37. The van der Waals surface area contributed by atoms with E-state index in [0.29, 0.717) is 10.2 Å². The normalized spacial score (nSPS) is 11.4. The molecule has 0 aliphatic heterocycles. The highest BCUT2D eigenvalue weighted by Crippen LogP contribution is 2.37. The van der Waals surface area contributed by atoms with Gasteiger partial charge in [0.15, 0.2) is 0 Å². The second-order valence-corrected chi connectivity index (χ2v) is 5.40. The number of rotatable bonds is 3. The van der Waals surface area contributed by atoms with Crippen molar-refractivity contribution in [3.05, 3.63) is 58.1 Å². The summed E-state index contributed by atoms with van der Waals surface area (Å²) >= 11 is 6.34. The molecule has 0 saturated carbocycles. The van der Waals surface area contributed by atoms with E-state index in [0.717, 1.165) is 6.07 Å². The van der Waals surface area contributed by atoms with Gasteiger partial charge in [-0.3, -0.25) is 0 Å². The molecule has 2 aromatic rings. The first-order valence-corrected chi connectivity index (χ1v) is 7.51. The zero-order valence-electron chi connectivity index (χ0n) is 10.0. The molecule has 0 aliphatic carbocycles. The lowest BCUT2D eigenvalue weighted by molar-refractivity contribution is -0.138. The Labute approximate surface area is 131 Å². The predicted molar refractivity (Wildman–Crippen MR) is 78.3 cm³/mol. The molecule has 0 aromatic heterocycles. The molecule has 0 bridgehead atoms. The maximum atomic E-state index is 12.9. The summed E-state index contributed by atoms with van der Waals surface area (Å²) < 4.78 is 45.0. The molecule has 0 spiro atoms. The van der Waals surface area contributed by atoms with Crippen LogP contribution in [-0.4, -0.2) is 0 Å². The van der Waals surface area contributed by atoms with Crippen LogP contribution in [0.25, 0.3) is 0 Å². The van der Waals surface area contributed by atoms with Gasteiger partial charge < -0.3 is 4.74 Å². The lowest BCUT2D eigenvalue weighted by atomic mass is 10.1. The fourth-order valence-corrected chi connectivity index (χ4v) is 2.51. The summed E-state index contributed by atoms with van der Waals surface area (Å²) in [4.78, 5) is 0. The van der Waals surface area contributed by atoms with Crippen molar-refractivity contribution in [3.63, 3.8) is 0 Å². The summed E-state index contributed by atoms with van der Waals surface area (Å²) in [6.07, 6.45) is -4.41. The van der Waals surface area contributed by atoms with Crippen molar-refractivity contribution in [1.82, 2.24) is 0 Å². The van der Waals surface area contributed by atoms with E-state index in [1.165, 1.54) is 12.1 Å². The van der Waals surface area contributed by atoms with Crippen LogP contribution in [-0.2, 0) is 11.5 Å². The molecule has 6 heteroatoms. The summed E-state index contributed by atoms with van der Waals surface area (Å²) in [6.45, 7) is 0. The summed E-state index contributed by atoms with van der Waals surface area (Å²) in [5.41, 5.74) is -0.518. The van der Waals surface area contributed by atoms with Crippen LogP contribution in [0.2, 0.25) is 0 Å². The quantitative estimate of drug-likeness (QED) is 0.552. The predicted octanol–water partition coefficient (Wildman–Crippen LogP) is 6.16. The number of alkyl halides is 4. The Morgan fingerprint density at radius 3 is 2.35 bits per heavy atom. The van der Waals surface area contributed by atoms with E-state index in [1.54, 1.807) is 24.3 Å². The van der Waals surface area contributed by atoms with Gasteiger partial charge in [0.25, 0.3) is 0 Å². The third kappa shape index (κ3) is 3.55. The molecule has 20 heavy (non-hydrogen) atoms. The molecule has 1 nitrogen and oxygen atoms in total. The molecular formula is C14H9Br2F3O. The minimum absolute atomic E-state index is 0.136. The number of halogens is 5. The smallest absolute Gasteiger partial charge is 0.416 e. The zero-order valence-corrected chi connectivity index (χ0v) is 13.2. The van der Waals surface area contributed by atoms with Gasteiger partial charge in [0.2, 0.25) is 0 Å². The Hall–Kier alpha value is -1.01. The minimum atomic E-state index is -4.41. The van der Waals surface area contributed by atoms with Crippen LogP contribution >= 0.6 is 31.9 Å². The SMILES string of the molecule is FC(F)(F)c1cc(Oc2ccccc2Br)ccc1CBr. The lowest BCUT2D eigenvalue weighted by Gasteiger charge is -2.14. The second-order valence-electron chi connectivity index (χ2n) is 3.98. The fourth-order valence-electron chi connectivity index (χ4n) is 1.65. The standard InChI is InChI=1S/C14H9Br2F3O/c15-8-9-5-6-10(7-11(9)14(17,18)19)20-13-4-2-1-3-12(13)16/h1-7H,8H2. The number of ether oxygens (including phenoxy) is 1. The van der Waals surface area contributed by atoms with Gasteiger partial charge in [0.05, 0.1) is 10.0 Å². The third-order valence-corrected chi connectivity index (χ3v) is 3.85. The van der Waals surface area contributed by atoms with Gasteiger partial charge >= 0.3 is 6.18 Å². The Kier molecular flexibility index (Phi) is 4.75. The van der Waals surface area contributed by atoms with Crippen molar-refractivity contribution in [3.8, 4) is 11.5 Å². The second kappa shape index (κ2) is 6.18. The lowest BCUT2D eigenvalue weighted by Crippen LogP contribution is -2.08. The first kappa shape index (κ1) is 15.4. The molecule has 0 heterocycles. The highest BCUT2D eigenvalue weighted by atomic mass is 79.9. The molecule has 0 atom stereocenters. The Morgan fingerprint density at radius 1 is 1.05 bits per heavy atom. The van der Waals surface area contributed by atoms with E-state index < -0.39 is 11.7 Å². The number of para-hydroxylation sites is 1. The maximum Gasteiger partial charge on any atom is 0.416 e. The van der Waals surface area contributed by atoms with Crippen LogP contribution in [0, 0.1) is 0 Å². The van der Waals surface area contributed by atoms with Crippen LogP contribution in [0.4, 0.5) is 13.2 Å². The number of hydrogen-bond acceptors (Lipinski definition) is 1. The van der Waals surface area contributed by atoms with Gasteiger partial charge in [0, 0.05) is 5.33 Å². The molecule has 2 rings (SSSR count). The summed E-state index contributed by atoms with van der Waals surface area (Å²) in [5.74, 6) is 0.612. The molecule has 0 fully saturated rings. The van der Waals surface area contributed by atoms with Crippen LogP contribution in [0.1, 0.15) is 11.1 Å². The first-order valence-electron chi connectivity index (χ1n) is 5.60. The summed E-state index contributed by atoms with van der Waals surface area (Å²) in [6, 6.07) is 10.9. The molecule has 0 N–H and O–H groups in total. The van der Waals surface area contributed by atoms with E-state index in [9.17, 15) is 13.2 Å². The van der Waals surface area contributed by atoms with Crippen molar-refractivity contribution in [2.24, 2.45) is 0 Å². The van der Waals surface area contributed by atoms with Gasteiger partial charge in [0.1, 0.15) is 11.5 Å². The van der Waals surface area contributed by atoms with Gasteiger partial charge in [-0.15, -0.1) is 0 Å². The monoisotopic (exact) mass is 408 g/mol. The molecule has 0 aliphatic rings. The van der Waals surface area contributed by atoms with Crippen molar-refractivity contribution < 1.29 is 17.9 Å². The molecule has 0 amide bonds. The van der Waals surface area contributed by atoms with Gasteiger partial charge in [-0.05, 0) is 45.8 Å². The van der Waals surface area contributed by atoms with Crippen molar-refractivity contribution in [2.45, 2.75) is 11.5 Å². The van der Waals surface area contributed by atoms with Crippen LogP contribution < -0.4 is 4.74 Å². The largest absolute Gasteiger partial charge is 0.456 e. The zero-order chi connectivity index (χ0) is 14.8. The molecule has 106 valence electrons. The molecule has 0 saturated heterocycles. The highest BCUT2D eigenvalue weighted by molar-refractivity contribution is 9.10. The van der Waals surface area contributed by atoms with E-state index in [1.807, 2.05) is 0 Å². The minimum Gasteiger partial charge on any atom is -0.456 e. The van der Waals surface area contributed by atoms with Crippen LogP contribution in [0.3, 0.4) is 0 Å². The molecular weight excluding hydrogens is 401 g/mol. The summed E-state index contributed by atoms with van der Waals surface area (Å²) in [7, 11) is 0. The van der Waals surface area contributed by atoms with Gasteiger partial charge in [-0.1, -0.05) is 34.1 Å². The van der Waals surface area contributed by atoms with E-state index in [4.69, 9.17) is 4.74 Å². The highest BCUT2D eigenvalue weighted by Gasteiger charge is 2.33.